The molecule has 0 aromatic heterocycles. The summed E-state index contributed by atoms with van der Waals surface area (Å²) in [4.78, 5) is 56.1. The van der Waals surface area contributed by atoms with Crippen LogP contribution >= 0.6 is 11.6 Å². The number of ether oxygens (including phenoxy) is 1. The lowest BCUT2D eigenvalue weighted by Crippen LogP contribution is -2.51. The van der Waals surface area contributed by atoms with Gasteiger partial charge in [0, 0.05) is 11.1 Å². The van der Waals surface area contributed by atoms with Crippen molar-refractivity contribution in [3.63, 3.8) is 0 Å². The van der Waals surface area contributed by atoms with Gasteiger partial charge in [0.1, 0.15) is 0 Å². The zero-order valence-electron chi connectivity index (χ0n) is 18.0. The van der Waals surface area contributed by atoms with Gasteiger partial charge in [-0.05, 0) is 24.6 Å². The summed E-state index contributed by atoms with van der Waals surface area (Å²) >= 11 is 6.33. The molecule has 0 unspecified atom stereocenters. The van der Waals surface area contributed by atoms with E-state index < -0.39 is 46.9 Å². The molecule has 6 rings (SSSR count). The fraction of sp³-hybridized carbons (Fsp3) is 0.185. The summed E-state index contributed by atoms with van der Waals surface area (Å²) in [5.41, 5.74) is 0.157. The van der Waals surface area contributed by atoms with E-state index in [1.807, 2.05) is 19.1 Å². The molecule has 2 heterocycles. The number of Topliss-reactive ketones (excluding diaryl/α,β-unsaturated/α-hetero) is 2. The molecule has 3 aliphatic rings. The normalized spacial score (nSPS) is 24.8. The van der Waals surface area contributed by atoms with Crippen molar-refractivity contribution in [1.29, 1.82) is 0 Å². The van der Waals surface area contributed by atoms with Crippen molar-refractivity contribution in [2.75, 3.05) is 4.90 Å². The number of hydrogen-bond donors (Lipinski definition) is 0. The molecule has 168 valence electrons. The van der Waals surface area contributed by atoms with Crippen LogP contribution in [0.4, 0.5) is 5.69 Å². The van der Waals surface area contributed by atoms with Crippen LogP contribution in [0.1, 0.15) is 37.9 Å². The zero-order chi connectivity index (χ0) is 23.8. The number of ketones is 2. The van der Waals surface area contributed by atoms with Crippen LogP contribution < -0.4 is 4.90 Å². The minimum absolute atomic E-state index is 0.201. The minimum Gasteiger partial charge on any atom is -0.349 e. The summed E-state index contributed by atoms with van der Waals surface area (Å²) in [6.07, 6.45) is -0.947. The monoisotopic (exact) mass is 471 g/mol. The summed E-state index contributed by atoms with van der Waals surface area (Å²) in [5.74, 6) is -4.71. The van der Waals surface area contributed by atoms with Crippen LogP contribution in [0.2, 0.25) is 5.02 Å². The Hall–Kier alpha value is -3.61. The first-order valence-electron chi connectivity index (χ1n) is 10.9. The molecule has 1 spiro atoms. The van der Waals surface area contributed by atoms with E-state index in [0.717, 1.165) is 10.5 Å². The van der Waals surface area contributed by atoms with Gasteiger partial charge >= 0.3 is 0 Å². The molecule has 3 aromatic rings. The molecule has 2 fully saturated rings. The van der Waals surface area contributed by atoms with Crippen molar-refractivity contribution in [3.05, 3.63) is 100 Å². The Kier molecular flexibility index (Phi) is 4.43. The van der Waals surface area contributed by atoms with Crippen LogP contribution in [0.3, 0.4) is 0 Å². The molecule has 6 nitrogen and oxygen atoms in total. The molecule has 3 atom stereocenters. The Morgan fingerprint density at radius 1 is 0.794 bits per heavy atom. The predicted molar refractivity (Wildman–Crippen MR) is 124 cm³/mol. The van der Waals surface area contributed by atoms with Crippen molar-refractivity contribution in [2.45, 2.75) is 18.6 Å². The number of carbonyl (C=O) groups is 4. The first-order valence-corrected chi connectivity index (χ1v) is 11.3. The van der Waals surface area contributed by atoms with E-state index in [9.17, 15) is 19.2 Å². The van der Waals surface area contributed by atoms with Gasteiger partial charge in [0.05, 0.1) is 28.6 Å². The van der Waals surface area contributed by atoms with Crippen LogP contribution in [0.5, 0.6) is 0 Å². The Balaban J connectivity index is 1.56. The fourth-order valence-electron chi connectivity index (χ4n) is 5.44. The van der Waals surface area contributed by atoms with Crippen LogP contribution in [-0.2, 0) is 14.3 Å². The highest BCUT2D eigenvalue weighted by Crippen LogP contribution is 2.58. The maximum Gasteiger partial charge on any atom is 0.241 e. The number of para-hydroxylation sites is 1. The van der Waals surface area contributed by atoms with Crippen molar-refractivity contribution in [2.24, 2.45) is 11.8 Å². The topological polar surface area (TPSA) is 80.8 Å². The van der Waals surface area contributed by atoms with Gasteiger partial charge in [0.2, 0.25) is 29.0 Å². The number of anilines is 1. The van der Waals surface area contributed by atoms with Gasteiger partial charge in [0.15, 0.2) is 0 Å². The molecule has 0 bridgehead atoms. The van der Waals surface area contributed by atoms with E-state index in [2.05, 4.69) is 0 Å². The smallest absolute Gasteiger partial charge is 0.241 e. The lowest BCUT2D eigenvalue weighted by molar-refractivity contribution is -0.127. The third-order valence-electron chi connectivity index (χ3n) is 7.02. The number of aryl methyl sites for hydroxylation is 1. The fourth-order valence-corrected chi connectivity index (χ4v) is 5.66. The van der Waals surface area contributed by atoms with E-state index in [0.29, 0.717) is 5.56 Å². The van der Waals surface area contributed by atoms with Gasteiger partial charge in [-0.3, -0.25) is 19.2 Å². The molecule has 2 saturated heterocycles. The highest BCUT2D eigenvalue weighted by atomic mass is 35.5. The standard InChI is InChI=1S/C27H18ClNO5/c1-14-10-12-15(13-11-14)22-20-21(26(33)29(25(20)32)19-9-5-4-8-18(19)28)27(34-22)23(30)16-6-2-3-7-17(16)24(27)31/h2-13,20-22H,1H3/t20-,21+,22+/m1/s1. The largest absolute Gasteiger partial charge is 0.349 e. The number of carbonyl (C=O) groups excluding carboxylic acids is 4. The molecule has 3 aromatic carbocycles. The summed E-state index contributed by atoms with van der Waals surface area (Å²) in [5, 5.41) is 0.221. The molecule has 0 N–H and O–H groups in total. The van der Waals surface area contributed by atoms with E-state index in [4.69, 9.17) is 16.3 Å². The number of benzene rings is 3. The van der Waals surface area contributed by atoms with Crippen molar-refractivity contribution in [1.82, 2.24) is 0 Å². The Bertz CT molecular complexity index is 1380. The van der Waals surface area contributed by atoms with Crippen molar-refractivity contribution in [3.8, 4) is 0 Å². The van der Waals surface area contributed by atoms with Gasteiger partial charge in [-0.15, -0.1) is 0 Å². The summed E-state index contributed by atoms with van der Waals surface area (Å²) in [6, 6.07) is 20.2. The quantitative estimate of drug-likeness (QED) is 0.410. The molecule has 0 saturated carbocycles. The van der Waals surface area contributed by atoms with Gasteiger partial charge < -0.3 is 4.74 Å². The molecule has 1 aliphatic carbocycles. The third-order valence-corrected chi connectivity index (χ3v) is 7.34. The lowest BCUT2D eigenvalue weighted by Gasteiger charge is -2.27. The molecule has 0 radical (unpaired) electrons. The lowest BCUT2D eigenvalue weighted by atomic mass is 9.77. The van der Waals surface area contributed by atoms with Crippen LogP contribution in [-0.4, -0.2) is 29.0 Å². The van der Waals surface area contributed by atoms with Crippen LogP contribution in [0.15, 0.2) is 72.8 Å². The van der Waals surface area contributed by atoms with E-state index in [-0.39, 0.29) is 21.8 Å². The summed E-state index contributed by atoms with van der Waals surface area (Å²) in [6.45, 7) is 1.92. The van der Waals surface area contributed by atoms with E-state index in [1.54, 1.807) is 60.7 Å². The molecular formula is C27H18ClNO5. The van der Waals surface area contributed by atoms with E-state index >= 15 is 0 Å². The highest BCUT2D eigenvalue weighted by Gasteiger charge is 2.74. The SMILES string of the molecule is Cc1ccc([C@@H]2OC3(C(=O)c4ccccc4C3=O)[C@@H]3C(=O)N(c4ccccc4Cl)C(=O)[C@H]32)cc1. The number of hydrogen-bond acceptors (Lipinski definition) is 5. The second-order valence-electron chi connectivity index (χ2n) is 8.86. The minimum atomic E-state index is -2.09. The number of halogens is 1. The maximum absolute atomic E-state index is 13.8. The number of rotatable bonds is 2. The average Bonchev–Trinajstić information content (AvgIpc) is 3.40. The third kappa shape index (κ3) is 2.55. The second kappa shape index (κ2) is 7.19. The van der Waals surface area contributed by atoms with Gasteiger partial charge in [-0.2, -0.15) is 0 Å². The van der Waals surface area contributed by atoms with Crippen LogP contribution in [0.25, 0.3) is 0 Å². The zero-order valence-corrected chi connectivity index (χ0v) is 18.8. The molecule has 2 amide bonds. The first kappa shape index (κ1) is 21.0. The van der Waals surface area contributed by atoms with Crippen LogP contribution in [0, 0.1) is 18.8 Å². The Morgan fingerprint density at radius 3 is 2.00 bits per heavy atom. The van der Waals surface area contributed by atoms with Gasteiger partial charge in [0.25, 0.3) is 0 Å². The molecule has 34 heavy (non-hydrogen) atoms. The second-order valence-corrected chi connectivity index (χ2v) is 9.26. The highest BCUT2D eigenvalue weighted by molar-refractivity contribution is 6.39. The van der Waals surface area contributed by atoms with Gasteiger partial charge in [-0.1, -0.05) is 77.8 Å². The number of nitrogens with zero attached hydrogens (tertiary/aromatic N) is 1. The van der Waals surface area contributed by atoms with E-state index in [1.165, 1.54) is 0 Å². The summed E-state index contributed by atoms with van der Waals surface area (Å²) < 4.78 is 6.26. The first-order chi connectivity index (χ1) is 16.4. The van der Waals surface area contributed by atoms with Crippen molar-refractivity contribution < 1.29 is 23.9 Å². The number of fused-ring (bicyclic) bond motifs is 3. The molecular weight excluding hydrogens is 454 g/mol. The average molecular weight is 472 g/mol. The summed E-state index contributed by atoms with van der Waals surface area (Å²) in [7, 11) is 0. The number of amides is 2. The predicted octanol–water partition coefficient (Wildman–Crippen LogP) is 4.34. The van der Waals surface area contributed by atoms with Gasteiger partial charge in [-0.25, -0.2) is 4.90 Å². The molecule has 2 aliphatic heterocycles. The van der Waals surface area contributed by atoms with Crippen molar-refractivity contribution >= 4 is 40.7 Å². The maximum atomic E-state index is 13.8. The molecule has 7 heteroatoms. The Labute approximate surface area is 200 Å². The number of imide groups is 1. The Morgan fingerprint density at radius 2 is 1.38 bits per heavy atom.